The van der Waals surface area contributed by atoms with Crippen LogP contribution in [0.4, 0.5) is 5.95 Å². The van der Waals surface area contributed by atoms with Gasteiger partial charge >= 0.3 is 0 Å². The number of rotatable bonds is 8. The third kappa shape index (κ3) is 4.48. The minimum absolute atomic E-state index is 0.565. The fourth-order valence-electron chi connectivity index (χ4n) is 1.41. The van der Waals surface area contributed by atoms with Crippen molar-refractivity contribution in [2.75, 3.05) is 25.1 Å². The van der Waals surface area contributed by atoms with Gasteiger partial charge in [0.15, 0.2) is 0 Å². The third-order valence-electron chi connectivity index (χ3n) is 2.27. The molecule has 0 aliphatic heterocycles. The quantitative estimate of drug-likeness (QED) is 0.549. The van der Waals surface area contributed by atoms with Crippen molar-refractivity contribution >= 4 is 5.95 Å². The molecule has 0 amide bonds. The van der Waals surface area contributed by atoms with Crippen LogP contribution in [0.15, 0.2) is 12.7 Å². The Bertz CT molecular complexity index is 354. The molecule has 5 heteroatoms. The number of aryl methyl sites for hydroxylation is 2. The lowest BCUT2D eigenvalue weighted by Gasteiger charge is -2.07. The Morgan fingerprint density at radius 1 is 1.24 bits per heavy atom. The largest absolute Gasteiger partial charge is 0.376 e. The smallest absolute Gasteiger partial charge is 0.243 e. The van der Waals surface area contributed by atoms with Crippen LogP contribution in [-0.2, 0) is 17.6 Å². The number of hydrogen-bond acceptors (Lipinski definition) is 5. The molecule has 0 saturated heterocycles. The first-order chi connectivity index (χ1) is 8.31. The normalized spacial score (nSPS) is 10.2. The van der Waals surface area contributed by atoms with E-state index in [4.69, 9.17) is 4.74 Å². The van der Waals surface area contributed by atoms with E-state index in [1.165, 1.54) is 0 Å². The number of nitrogens with one attached hydrogen (secondary N) is 1. The zero-order valence-corrected chi connectivity index (χ0v) is 10.6. The van der Waals surface area contributed by atoms with Crippen molar-refractivity contribution in [2.45, 2.75) is 26.7 Å². The molecule has 5 nitrogen and oxygen atoms in total. The van der Waals surface area contributed by atoms with Gasteiger partial charge in [0.2, 0.25) is 5.95 Å². The molecule has 1 aromatic rings. The maximum atomic E-state index is 5.25. The maximum Gasteiger partial charge on any atom is 0.243 e. The summed E-state index contributed by atoms with van der Waals surface area (Å²) in [5.41, 5.74) is 1.98. The minimum atomic E-state index is 0.565. The third-order valence-corrected chi connectivity index (χ3v) is 2.27. The second-order valence-electron chi connectivity index (χ2n) is 3.53. The molecule has 0 atom stereocenters. The molecule has 17 heavy (non-hydrogen) atoms. The fourth-order valence-corrected chi connectivity index (χ4v) is 1.41. The van der Waals surface area contributed by atoms with Gasteiger partial charge in [-0.25, -0.2) is 4.98 Å². The highest BCUT2D eigenvalue weighted by Crippen LogP contribution is 2.06. The monoisotopic (exact) mass is 236 g/mol. The van der Waals surface area contributed by atoms with Gasteiger partial charge in [0.25, 0.3) is 0 Å². The number of nitrogens with zero attached hydrogens (tertiary/aromatic N) is 3. The van der Waals surface area contributed by atoms with Gasteiger partial charge in [-0.15, -0.1) is 11.7 Å². The molecular weight excluding hydrogens is 216 g/mol. The molecule has 1 heterocycles. The molecule has 0 bridgehead atoms. The molecule has 0 fully saturated rings. The lowest BCUT2D eigenvalue weighted by atomic mass is 10.2. The zero-order chi connectivity index (χ0) is 12.5. The lowest BCUT2D eigenvalue weighted by molar-refractivity contribution is 0.173. The Morgan fingerprint density at radius 3 is 2.65 bits per heavy atom. The van der Waals surface area contributed by atoms with Crippen molar-refractivity contribution in [1.29, 1.82) is 0 Å². The van der Waals surface area contributed by atoms with E-state index in [1.54, 1.807) is 6.08 Å². The first-order valence-electron chi connectivity index (χ1n) is 5.96. The predicted octanol–water partition coefficient (Wildman–Crippen LogP) is 1.61. The maximum absolute atomic E-state index is 5.25. The van der Waals surface area contributed by atoms with Crippen LogP contribution in [0.5, 0.6) is 0 Å². The Kier molecular flexibility index (Phi) is 6.17. The molecule has 0 aliphatic carbocycles. The van der Waals surface area contributed by atoms with Crippen LogP contribution in [-0.4, -0.2) is 34.9 Å². The summed E-state index contributed by atoms with van der Waals surface area (Å²) in [6, 6.07) is 0. The zero-order valence-electron chi connectivity index (χ0n) is 10.6. The van der Waals surface area contributed by atoms with E-state index in [0.29, 0.717) is 25.7 Å². The Labute approximate surface area is 102 Å². The number of hydrogen-bond donors (Lipinski definition) is 1. The molecular formula is C12H20N4O. The van der Waals surface area contributed by atoms with Gasteiger partial charge < -0.3 is 10.1 Å². The molecule has 0 saturated carbocycles. The van der Waals surface area contributed by atoms with Gasteiger partial charge in [-0.2, -0.15) is 5.10 Å². The molecule has 94 valence electrons. The highest BCUT2D eigenvalue weighted by molar-refractivity contribution is 5.25. The second kappa shape index (κ2) is 7.73. The van der Waals surface area contributed by atoms with Gasteiger partial charge in [-0.1, -0.05) is 19.9 Å². The summed E-state index contributed by atoms with van der Waals surface area (Å²) in [6.07, 6.45) is 3.47. The van der Waals surface area contributed by atoms with Crippen molar-refractivity contribution in [3.63, 3.8) is 0 Å². The van der Waals surface area contributed by atoms with Crippen LogP contribution in [0, 0.1) is 0 Å². The van der Waals surface area contributed by atoms with E-state index >= 15 is 0 Å². The van der Waals surface area contributed by atoms with Crippen molar-refractivity contribution in [2.24, 2.45) is 0 Å². The molecule has 0 unspecified atom stereocenters. The van der Waals surface area contributed by atoms with E-state index in [1.807, 2.05) is 0 Å². The molecule has 0 aromatic carbocycles. The number of ether oxygens (including phenoxy) is 1. The van der Waals surface area contributed by atoms with Gasteiger partial charge in [0.1, 0.15) is 0 Å². The van der Waals surface area contributed by atoms with E-state index in [0.717, 1.165) is 24.2 Å². The van der Waals surface area contributed by atoms with Crippen LogP contribution in [0.2, 0.25) is 0 Å². The topological polar surface area (TPSA) is 59.9 Å². The summed E-state index contributed by atoms with van der Waals surface area (Å²) in [6.45, 7) is 9.54. The van der Waals surface area contributed by atoms with Gasteiger partial charge in [-0.3, -0.25) is 0 Å². The summed E-state index contributed by atoms with van der Waals surface area (Å²) in [4.78, 5) is 4.42. The highest BCUT2D eigenvalue weighted by Gasteiger charge is 2.05. The van der Waals surface area contributed by atoms with Crippen molar-refractivity contribution < 1.29 is 4.74 Å². The Balaban J connectivity index is 2.45. The molecule has 0 aliphatic rings. The van der Waals surface area contributed by atoms with E-state index in [2.05, 4.69) is 40.9 Å². The first-order valence-corrected chi connectivity index (χ1v) is 5.96. The number of aromatic nitrogens is 3. The van der Waals surface area contributed by atoms with Gasteiger partial charge in [0, 0.05) is 6.54 Å². The van der Waals surface area contributed by atoms with Gasteiger partial charge in [0.05, 0.1) is 24.6 Å². The highest BCUT2D eigenvalue weighted by atomic mass is 16.5. The summed E-state index contributed by atoms with van der Waals surface area (Å²) >= 11 is 0. The predicted molar refractivity (Wildman–Crippen MR) is 68.1 cm³/mol. The number of anilines is 1. The summed E-state index contributed by atoms with van der Waals surface area (Å²) in [5.74, 6) is 0.571. The Morgan fingerprint density at radius 2 is 2.00 bits per heavy atom. The standard InChI is InChI=1S/C12H20N4O/c1-4-8-17-9-7-13-12-14-10(5-2)11(6-3)15-16-12/h4H,1,5-9H2,2-3H3,(H,13,14,16). The molecule has 1 rings (SSSR count). The van der Waals surface area contributed by atoms with E-state index in [-0.39, 0.29) is 0 Å². The summed E-state index contributed by atoms with van der Waals surface area (Å²) in [7, 11) is 0. The van der Waals surface area contributed by atoms with E-state index in [9.17, 15) is 0 Å². The Hall–Kier alpha value is -1.49. The fraction of sp³-hybridized carbons (Fsp3) is 0.583. The van der Waals surface area contributed by atoms with Crippen LogP contribution in [0.1, 0.15) is 25.2 Å². The minimum Gasteiger partial charge on any atom is -0.376 e. The molecule has 1 aromatic heterocycles. The SMILES string of the molecule is C=CCOCCNc1nnc(CC)c(CC)n1. The molecule has 0 spiro atoms. The average molecular weight is 236 g/mol. The van der Waals surface area contributed by atoms with E-state index < -0.39 is 0 Å². The molecule has 0 radical (unpaired) electrons. The van der Waals surface area contributed by atoms with Crippen molar-refractivity contribution in [1.82, 2.24) is 15.2 Å². The average Bonchev–Trinajstić information content (AvgIpc) is 2.38. The van der Waals surface area contributed by atoms with Crippen molar-refractivity contribution in [3.8, 4) is 0 Å². The van der Waals surface area contributed by atoms with Crippen LogP contribution in [0.25, 0.3) is 0 Å². The van der Waals surface area contributed by atoms with Crippen LogP contribution in [0.3, 0.4) is 0 Å². The summed E-state index contributed by atoms with van der Waals surface area (Å²) in [5, 5.41) is 11.3. The lowest BCUT2D eigenvalue weighted by Crippen LogP contribution is -2.14. The first kappa shape index (κ1) is 13.6. The van der Waals surface area contributed by atoms with Crippen LogP contribution < -0.4 is 5.32 Å². The molecule has 1 N–H and O–H groups in total. The summed E-state index contributed by atoms with van der Waals surface area (Å²) < 4.78 is 5.25. The van der Waals surface area contributed by atoms with Crippen LogP contribution >= 0.6 is 0 Å². The van der Waals surface area contributed by atoms with Gasteiger partial charge in [-0.05, 0) is 12.8 Å². The van der Waals surface area contributed by atoms with Crippen molar-refractivity contribution in [3.05, 3.63) is 24.0 Å². The second-order valence-corrected chi connectivity index (χ2v) is 3.53.